The number of aromatic nitrogens is 5. The molecule has 4 aromatic rings. The first-order valence-corrected chi connectivity index (χ1v) is 11.8. The van der Waals surface area contributed by atoms with E-state index in [2.05, 4.69) is 37.5 Å². The molecule has 0 aliphatic carbocycles. The van der Waals surface area contributed by atoms with Crippen LogP contribution in [0.2, 0.25) is 0 Å². The van der Waals surface area contributed by atoms with Crippen LogP contribution in [0.3, 0.4) is 0 Å². The first-order valence-electron chi connectivity index (χ1n) is 10.9. The molecule has 0 saturated carbocycles. The van der Waals surface area contributed by atoms with E-state index in [4.69, 9.17) is 0 Å². The van der Waals surface area contributed by atoms with E-state index in [1.165, 1.54) is 0 Å². The molecule has 0 unspecified atom stereocenters. The number of hydrogen-bond acceptors (Lipinski definition) is 7. The molecule has 1 fully saturated rings. The van der Waals surface area contributed by atoms with Crippen LogP contribution in [0.15, 0.2) is 60.0 Å². The Kier molecular flexibility index (Phi) is 6.06. The first-order chi connectivity index (χ1) is 16.0. The minimum Gasteiger partial charge on any atom is -0.307 e. The summed E-state index contributed by atoms with van der Waals surface area (Å²) in [6.07, 6.45) is 7.61. The Morgan fingerprint density at radius 2 is 1.91 bits per heavy atom. The lowest BCUT2D eigenvalue weighted by Crippen LogP contribution is -2.31. The van der Waals surface area contributed by atoms with E-state index in [9.17, 15) is 4.79 Å². The third-order valence-electron chi connectivity index (χ3n) is 5.81. The number of benzene rings is 1. The van der Waals surface area contributed by atoms with Crippen LogP contribution in [0, 0.1) is 0 Å². The molecule has 0 radical (unpaired) electrons. The minimum absolute atomic E-state index is 0.195. The SMILES string of the molecule is CN1CCC(Sc2cc(C(=O)Nc3cc4cc(-c5cn(C)nn5)ccc4cn3)ccn2)CC1. The zero-order chi connectivity index (χ0) is 22.8. The summed E-state index contributed by atoms with van der Waals surface area (Å²) in [4.78, 5) is 24.1. The average Bonchev–Trinajstić information content (AvgIpc) is 3.26. The second-order valence-electron chi connectivity index (χ2n) is 8.37. The van der Waals surface area contributed by atoms with Gasteiger partial charge in [0.05, 0.1) is 11.2 Å². The standard InChI is InChI=1S/C24H25N7OS/c1-30-9-6-20(7-10-30)33-23-13-17(5-8-25-23)24(32)27-22-12-19-11-16(3-4-18(19)14-26-22)21-15-31(2)29-28-21/h3-5,8,11-15,20H,6-7,9-10H2,1-2H3,(H,26,27,32). The second kappa shape index (κ2) is 9.29. The van der Waals surface area contributed by atoms with Crippen molar-refractivity contribution in [3.05, 3.63) is 60.6 Å². The van der Waals surface area contributed by atoms with Gasteiger partial charge in [0.2, 0.25) is 0 Å². The molecule has 1 N–H and O–H groups in total. The van der Waals surface area contributed by atoms with Gasteiger partial charge in [-0.05, 0) is 62.6 Å². The fraction of sp³-hybridized carbons (Fsp3) is 0.292. The third kappa shape index (κ3) is 5.04. The summed E-state index contributed by atoms with van der Waals surface area (Å²) in [7, 11) is 3.99. The Bertz CT molecular complexity index is 1300. The number of nitrogens with zero attached hydrogens (tertiary/aromatic N) is 6. The number of amides is 1. The number of nitrogens with one attached hydrogen (secondary N) is 1. The van der Waals surface area contributed by atoms with Crippen LogP contribution in [-0.4, -0.2) is 61.2 Å². The zero-order valence-corrected chi connectivity index (χ0v) is 19.4. The van der Waals surface area contributed by atoms with Crippen LogP contribution in [0.4, 0.5) is 5.82 Å². The number of hydrogen-bond donors (Lipinski definition) is 1. The number of piperidine rings is 1. The maximum absolute atomic E-state index is 12.9. The zero-order valence-electron chi connectivity index (χ0n) is 18.6. The molecular formula is C24H25N7OS. The van der Waals surface area contributed by atoms with E-state index in [0.717, 1.165) is 53.0 Å². The van der Waals surface area contributed by atoms with E-state index < -0.39 is 0 Å². The van der Waals surface area contributed by atoms with Crippen molar-refractivity contribution in [1.29, 1.82) is 0 Å². The van der Waals surface area contributed by atoms with Crippen LogP contribution in [-0.2, 0) is 7.05 Å². The summed E-state index contributed by atoms with van der Waals surface area (Å²) in [5.41, 5.74) is 2.34. The maximum Gasteiger partial charge on any atom is 0.256 e. The summed E-state index contributed by atoms with van der Waals surface area (Å²) >= 11 is 1.76. The Balaban J connectivity index is 1.31. The minimum atomic E-state index is -0.195. The predicted octanol–water partition coefficient (Wildman–Crippen LogP) is 3.86. The van der Waals surface area contributed by atoms with E-state index in [0.29, 0.717) is 16.6 Å². The van der Waals surface area contributed by atoms with Gasteiger partial charge in [-0.2, -0.15) is 0 Å². The lowest BCUT2D eigenvalue weighted by Gasteiger charge is -2.28. The number of fused-ring (bicyclic) bond motifs is 1. The molecule has 0 atom stereocenters. The molecule has 33 heavy (non-hydrogen) atoms. The van der Waals surface area contributed by atoms with Crippen molar-refractivity contribution < 1.29 is 4.79 Å². The number of anilines is 1. The molecule has 8 nitrogen and oxygen atoms in total. The third-order valence-corrected chi connectivity index (χ3v) is 7.08. The maximum atomic E-state index is 12.9. The number of carbonyl (C=O) groups excluding carboxylic acids is 1. The van der Waals surface area contributed by atoms with E-state index in [1.54, 1.807) is 34.9 Å². The number of pyridine rings is 2. The Morgan fingerprint density at radius 3 is 2.70 bits per heavy atom. The van der Waals surface area contributed by atoms with Crippen LogP contribution < -0.4 is 5.32 Å². The van der Waals surface area contributed by atoms with Crippen LogP contribution in [0.1, 0.15) is 23.2 Å². The second-order valence-corrected chi connectivity index (χ2v) is 9.69. The highest BCUT2D eigenvalue weighted by atomic mass is 32.2. The first kappa shape index (κ1) is 21.5. The fourth-order valence-electron chi connectivity index (χ4n) is 3.93. The van der Waals surface area contributed by atoms with Crippen molar-refractivity contribution in [2.45, 2.75) is 23.1 Å². The molecule has 1 aromatic carbocycles. The average molecular weight is 460 g/mol. The van der Waals surface area contributed by atoms with E-state index >= 15 is 0 Å². The molecule has 1 aliphatic heterocycles. The summed E-state index contributed by atoms with van der Waals surface area (Å²) < 4.78 is 1.67. The highest BCUT2D eigenvalue weighted by Gasteiger charge is 2.19. The molecule has 168 valence electrons. The largest absolute Gasteiger partial charge is 0.307 e. The fourth-order valence-corrected chi connectivity index (χ4v) is 5.03. The van der Waals surface area contributed by atoms with Crippen molar-refractivity contribution in [2.75, 3.05) is 25.5 Å². The molecule has 0 bridgehead atoms. The molecule has 4 heterocycles. The van der Waals surface area contributed by atoms with Crippen molar-refractivity contribution >= 4 is 34.3 Å². The van der Waals surface area contributed by atoms with Gasteiger partial charge in [0.25, 0.3) is 5.91 Å². The number of rotatable bonds is 5. The van der Waals surface area contributed by atoms with Gasteiger partial charge in [0.15, 0.2) is 0 Å². The lowest BCUT2D eigenvalue weighted by molar-refractivity contribution is 0.102. The lowest BCUT2D eigenvalue weighted by atomic mass is 10.1. The van der Waals surface area contributed by atoms with Crippen molar-refractivity contribution in [2.24, 2.45) is 7.05 Å². The number of aryl methyl sites for hydroxylation is 1. The Hall–Kier alpha value is -3.30. The van der Waals surface area contributed by atoms with Gasteiger partial charge in [-0.25, -0.2) is 9.97 Å². The monoisotopic (exact) mass is 459 g/mol. The molecule has 0 spiro atoms. The molecular weight excluding hydrogens is 434 g/mol. The van der Waals surface area contributed by atoms with Gasteiger partial charge in [-0.15, -0.1) is 16.9 Å². The van der Waals surface area contributed by atoms with Crippen LogP contribution in [0.25, 0.3) is 22.0 Å². The Labute approximate surface area is 196 Å². The normalized spacial score (nSPS) is 15.1. The van der Waals surface area contributed by atoms with Crippen molar-refractivity contribution in [3.8, 4) is 11.3 Å². The molecule has 1 saturated heterocycles. The molecule has 9 heteroatoms. The van der Waals surface area contributed by atoms with Crippen molar-refractivity contribution in [3.63, 3.8) is 0 Å². The van der Waals surface area contributed by atoms with E-state index in [-0.39, 0.29) is 5.91 Å². The van der Waals surface area contributed by atoms with Crippen molar-refractivity contribution in [1.82, 2.24) is 29.9 Å². The molecule has 5 rings (SSSR count). The summed E-state index contributed by atoms with van der Waals surface area (Å²) in [5, 5.41) is 14.5. The van der Waals surface area contributed by atoms with Gasteiger partial charge in [-0.3, -0.25) is 9.48 Å². The predicted molar refractivity (Wildman–Crippen MR) is 130 cm³/mol. The van der Waals surface area contributed by atoms with E-state index in [1.807, 2.05) is 43.6 Å². The van der Waals surface area contributed by atoms with Gasteiger partial charge < -0.3 is 10.2 Å². The van der Waals surface area contributed by atoms with Gasteiger partial charge in [0, 0.05) is 41.2 Å². The summed E-state index contributed by atoms with van der Waals surface area (Å²) in [6.45, 7) is 2.20. The summed E-state index contributed by atoms with van der Waals surface area (Å²) in [5.74, 6) is 0.310. The summed E-state index contributed by atoms with van der Waals surface area (Å²) in [6, 6.07) is 11.5. The Morgan fingerprint density at radius 1 is 1.06 bits per heavy atom. The van der Waals surface area contributed by atoms with Gasteiger partial charge in [-0.1, -0.05) is 17.3 Å². The smallest absolute Gasteiger partial charge is 0.256 e. The van der Waals surface area contributed by atoms with Gasteiger partial charge >= 0.3 is 0 Å². The number of likely N-dealkylation sites (tertiary alicyclic amines) is 1. The van der Waals surface area contributed by atoms with Gasteiger partial charge in [0.1, 0.15) is 11.5 Å². The quantitative estimate of drug-likeness (QED) is 0.485. The number of carbonyl (C=O) groups is 1. The highest BCUT2D eigenvalue weighted by Crippen LogP contribution is 2.29. The van der Waals surface area contributed by atoms with Crippen LogP contribution in [0.5, 0.6) is 0 Å². The highest BCUT2D eigenvalue weighted by molar-refractivity contribution is 7.99. The molecule has 1 amide bonds. The topological polar surface area (TPSA) is 88.8 Å². The molecule has 1 aliphatic rings. The number of thioether (sulfide) groups is 1. The molecule has 3 aromatic heterocycles. The van der Waals surface area contributed by atoms with Crippen LogP contribution >= 0.6 is 11.8 Å².